The van der Waals surface area contributed by atoms with Crippen LogP contribution in [0.15, 0.2) is 36.4 Å². The van der Waals surface area contributed by atoms with Gasteiger partial charge in [0.25, 0.3) is 0 Å². The number of hydrogen-bond acceptors (Lipinski definition) is 12. The molecular weight excluding hydrogens is 657 g/mol. The number of aliphatic hydroxyl groups excluding tert-OH is 2. The minimum Gasteiger partial charge on any atom is -0.506 e. The van der Waals surface area contributed by atoms with Gasteiger partial charge >= 0.3 is 10.4 Å². The number of phenolic OH excluding ortho intramolecular Hbond substituents is 2. The quantitative estimate of drug-likeness (QED) is 0.137. The predicted octanol–water partition coefficient (Wildman–Crippen LogP) is 1.23. The van der Waals surface area contributed by atoms with Crippen molar-refractivity contribution in [1.29, 1.82) is 0 Å². The van der Waals surface area contributed by atoms with Gasteiger partial charge in [-0.2, -0.15) is 8.42 Å². The summed E-state index contributed by atoms with van der Waals surface area (Å²) in [7, 11) is -11.6. The third-order valence-corrected chi connectivity index (χ3v) is 7.96. The van der Waals surface area contributed by atoms with Gasteiger partial charge in [-0.3, -0.25) is 18.5 Å². The molecule has 4 atom stereocenters. The van der Waals surface area contributed by atoms with Crippen molar-refractivity contribution in [3.05, 3.63) is 47.5 Å². The Kier molecular flexibility index (Phi) is 14.3. The highest BCUT2D eigenvalue weighted by Gasteiger charge is 2.25. The number of aromatic hydroxyl groups is 2. The molecule has 45 heavy (non-hydrogen) atoms. The predicted molar refractivity (Wildman–Crippen MR) is 169 cm³/mol. The van der Waals surface area contributed by atoms with Gasteiger partial charge in [-0.15, -0.1) is 0 Å². The molecule has 4 unspecified atom stereocenters. The standard InChI is InChI=1S/2C13H20N2O4S.H2O4S/c2*1-20(18,19)15-11-8-9(5-6-12(11)16)13(17)10-4-2-3-7-14-10;1-5(2,3)4/h2*5-6,8,10,13-17H,2-4,7H2,1H3;(H2,1,2,3,4). The fourth-order valence-corrected chi connectivity index (χ4v) is 5.93. The van der Waals surface area contributed by atoms with Gasteiger partial charge < -0.3 is 31.1 Å². The van der Waals surface area contributed by atoms with Gasteiger partial charge in [0.15, 0.2) is 0 Å². The molecular formula is C26H42N4O12S3. The lowest BCUT2D eigenvalue weighted by molar-refractivity contribution is 0.114. The second-order valence-corrected chi connectivity index (χ2v) is 15.1. The van der Waals surface area contributed by atoms with Crippen LogP contribution in [0, 0.1) is 0 Å². The van der Waals surface area contributed by atoms with E-state index < -0.39 is 42.7 Å². The van der Waals surface area contributed by atoms with Crippen molar-refractivity contribution in [3.63, 3.8) is 0 Å². The molecule has 0 amide bonds. The first-order chi connectivity index (χ1) is 20.7. The number of anilines is 2. The Hall–Kier alpha value is -2.75. The number of hydrogen-bond donors (Lipinski definition) is 10. The summed E-state index contributed by atoms with van der Waals surface area (Å²) in [4.78, 5) is 0. The van der Waals surface area contributed by atoms with Crippen molar-refractivity contribution in [2.24, 2.45) is 0 Å². The normalized spacial score (nSPS) is 20.3. The monoisotopic (exact) mass is 698 g/mol. The van der Waals surface area contributed by atoms with Crippen LogP contribution in [0.25, 0.3) is 0 Å². The second-order valence-electron chi connectivity index (χ2n) is 10.8. The maximum absolute atomic E-state index is 11.2. The fourth-order valence-electron chi connectivity index (χ4n) is 4.80. The molecule has 2 aliphatic rings. The number of nitrogens with one attached hydrogen (secondary N) is 4. The van der Waals surface area contributed by atoms with Gasteiger partial charge in [-0.05, 0) is 74.2 Å². The Morgan fingerprint density at radius 1 is 0.667 bits per heavy atom. The fraction of sp³-hybridized carbons (Fsp3) is 0.538. The Bertz CT molecular complexity index is 1460. The Labute approximate surface area is 263 Å². The third kappa shape index (κ3) is 14.9. The van der Waals surface area contributed by atoms with Crippen molar-refractivity contribution in [2.45, 2.75) is 62.8 Å². The molecule has 4 rings (SSSR count). The molecule has 2 fully saturated rings. The van der Waals surface area contributed by atoms with Crippen LogP contribution in [-0.2, 0) is 30.4 Å². The number of rotatable bonds is 8. The van der Waals surface area contributed by atoms with Crippen LogP contribution in [0.1, 0.15) is 61.9 Å². The Balaban J connectivity index is 0.000000273. The molecule has 0 aromatic heterocycles. The molecule has 0 radical (unpaired) electrons. The number of piperidine rings is 2. The van der Waals surface area contributed by atoms with Crippen LogP contribution in [0.5, 0.6) is 11.5 Å². The summed E-state index contributed by atoms with van der Waals surface area (Å²) < 4.78 is 81.0. The zero-order chi connectivity index (χ0) is 34.0. The molecule has 2 aliphatic heterocycles. The highest BCUT2D eigenvalue weighted by atomic mass is 32.3. The van der Waals surface area contributed by atoms with E-state index >= 15 is 0 Å². The van der Waals surface area contributed by atoms with Crippen LogP contribution >= 0.6 is 0 Å². The van der Waals surface area contributed by atoms with Gasteiger partial charge in [0, 0.05) is 12.1 Å². The first-order valence-electron chi connectivity index (χ1n) is 13.9. The lowest BCUT2D eigenvalue weighted by atomic mass is 9.94. The summed E-state index contributed by atoms with van der Waals surface area (Å²) in [5.41, 5.74) is 1.32. The summed E-state index contributed by atoms with van der Waals surface area (Å²) in [5, 5.41) is 46.5. The van der Waals surface area contributed by atoms with Crippen LogP contribution in [0.2, 0.25) is 0 Å². The first-order valence-corrected chi connectivity index (χ1v) is 19.1. The largest absolute Gasteiger partial charge is 0.506 e. The zero-order valence-electron chi connectivity index (χ0n) is 24.8. The van der Waals surface area contributed by atoms with Gasteiger partial charge in [-0.25, -0.2) is 16.8 Å². The number of benzene rings is 2. The Morgan fingerprint density at radius 2 is 1.00 bits per heavy atom. The molecule has 256 valence electrons. The van der Waals surface area contributed by atoms with Gasteiger partial charge in [0.1, 0.15) is 11.5 Å². The molecule has 16 nitrogen and oxygen atoms in total. The van der Waals surface area contributed by atoms with E-state index in [-0.39, 0.29) is 35.0 Å². The molecule has 2 heterocycles. The highest BCUT2D eigenvalue weighted by Crippen LogP contribution is 2.32. The summed E-state index contributed by atoms with van der Waals surface area (Å²) >= 11 is 0. The van der Waals surface area contributed by atoms with Gasteiger partial charge in [-0.1, -0.05) is 25.0 Å². The van der Waals surface area contributed by atoms with E-state index in [0.717, 1.165) is 64.1 Å². The average Bonchev–Trinajstić information content (AvgIpc) is 2.94. The smallest absolute Gasteiger partial charge is 0.394 e. The maximum atomic E-state index is 11.2. The topological polar surface area (TPSA) is 272 Å². The second kappa shape index (κ2) is 16.7. The molecule has 2 aromatic rings. The lowest BCUT2D eigenvalue weighted by Crippen LogP contribution is -2.38. The molecule has 2 saturated heterocycles. The van der Waals surface area contributed by atoms with Gasteiger partial charge in [0.2, 0.25) is 20.0 Å². The van der Waals surface area contributed by atoms with Crippen molar-refractivity contribution in [2.75, 3.05) is 35.0 Å². The van der Waals surface area contributed by atoms with E-state index in [4.69, 9.17) is 17.5 Å². The molecule has 2 aromatic carbocycles. The first kappa shape index (κ1) is 38.4. The lowest BCUT2D eigenvalue weighted by Gasteiger charge is -2.28. The Morgan fingerprint density at radius 3 is 1.27 bits per heavy atom. The minimum atomic E-state index is -4.67. The van der Waals surface area contributed by atoms with Crippen LogP contribution in [0.4, 0.5) is 11.4 Å². The van der Waals surface area contributed by atoms with E-state index in [1.54, 1.807) is 12.1 Å². The van der Waals surface area contributed by atoms with E-state index in [9.17, 15) is 37.3 Å². The molecule has 0 saturated carbocycles. The molecule has 0 aliphatic carbocycles. The molecule has 0 bridgehead atoms. The van der Waals surface area contributed by atoms with Crippen LogP contribution < -0.4 is 20.1 Å². The van der Waals surface area contributed by atoms with Crippen molar-refractivity contribution in [3.8, 4) is 11.5 Å². The van der Waals surface area contributed by atoms with E-state index in [1.807, 2.05) is 0 Å². The van der Waals surface area contributed by atoms with Gasteiger partial charge in [0.05, 0.1) is 36.1 Å². The average molecular weight is 699 g/mol. The summed E-state index contributed by atoms with van der Waals surface area (Å²) in [6.45, 7) is 1.74. The van der Waals surface area contributed by atoms with E-state index in [1.165, 1.54) is 24.3 Å². The van der Waals surface area contributed by atoms with E-state index in [0.29, 0.717) is 11.1 Å². The van der Waals surface area contributed by atoms with Crippen molar-refractivity contribution >= 4 is 41.8 Å². The van der Waals surface area contributed by atoms with Crippen LogP contribution in [0.3, 0.4) is 0 Å². The summed E-state index contributed by atoms with van der Waals surface area (Å²) in [6, 6.07) is 8.82. The summed E-state index contributed by atoms with van der Waals surface area (Å²) in [6.07, 6.45) is 6.62. The molecule has 0 spiro atoms. The maximum Gasteiger partial charge on any atom is 0.394 e. The van der Waals surface area contributed by atoms with Crippen molar-refractivity contribution < 1.29 is 54.8 Å². The van der Waals surface area contributed by atoms with E-state index in [2.05, 4.69) is 20.1 Å². The number of sulfonamides is 2. The third-order valence-electron chi connectivity index (χ3n) is 6.77. The minimum absolute atomic E-state index is 0.0422. The SMILES string of the molecule is CS(=O)(=O)Nc1cc(C(O)C2CCCCN2)ccc1O.CS(=O)(=O)Nc1cc(C(O)C2CCCCN2)ccc1O.O=S(=O)(O)O. The summed E-state index contributed by atoms with van der Waals surface area (Å²) in [5.74, 6) is -0.328. The highest BCUT2D eigenvalue weighted by molar-refractivity contribution is 7.92. The molecule has 10 N–H and O–H groups in total. The molecule has 19 heteroatoms. The van der Waals surface area contributed by atoms with Crippen molar-refractivity contribution in [1.82, 2.24) is 10.6 Å². The zero-order valence-corrected chi connectivity index (χ0v) is 27.2. The van der Waals surface area contributed by atoms with Crippen LogP contribution in [-0.4, -0.2) is 92.5 Å². The number of aliphatic hydroxyl groups is 2. The number of phenols is 2.